The van der Waals surface area contributed by atoms with E-state index in [4.69, 9.17) is 21.6 Å². The number of pyridine rings is 1. The van der Waals surface area contributed by atoms with Crippen molar-refractivity contribution >= 4 is 33.2 Å². The third kappa shape index (κ3) is 4.32. The summed E-state index contributed by atoms with van der Waals surface area (Å²) in [6, 6.07) is 4.70. The number of nitrogens with two attached hydrogens (primary N) is 1. The lowest BCUT2D eigenvalue weighted by Gasteiger charge is -2.31. The molecule has 1 spiro atoms. The van der Waals surface area contributed by atoms with Crippen LogP contribution in [0.4, 0.5) is 29.1 Å². The Hall–Kier alpha value is -4.21. The molecule has 3 aliphatic heterocycles. The normalized spacial score (nSPS) is 32.1. The van der Waals surface area contributed by atoms with Gasteiger partial charge in [-0.3, -0.25) is 9.88 Å². The second-order valence-electron chi connectivity index (χ2n) is 13.6. The second-order valence-corrected chi connectivity index (χ2v) is 13.6. The van der Waals surface area contributed by atoms with Crippen molar-refractivity contribution in [3.05, 3.63) is 47.7 Å². The molecular weight excluding hydrogens is 612 g/mol. The zero-order chi connectivity index (χ0) is 34.0. The Morgan fingerprint density at radius 1 is 1.21 bits per heavy atom. The van der Waals surface area contributed by atoms with Crippen molar-refractivity contribution in [3.63, 3.8) is 0 Å². The Labute approximate surface area is 271 Å². The molecule has 5 aliphatic rings. The van der Waals surface area contributed by atoms with Crippen LogP contribution in [0.1, 0.15) is 34.0 Å². The topological polar surface area (TPSA) is 89.6 Å². The van der Waals surface area contributed by atoms with E-state index in [-0.39, 0.29) is 70.8 Å². The van der Waals surface area contributed by atoms with E-state index in [9.17, 15) is 11.5 Å². The van der Waals surface area contributed by atoms with Gasteiger partial charge in [0.15, 0.2) is 5.82 Å². The quantitative estimate of drug-likeness (QED) is 0.180. The number of rotatable bonds is 5. The molecule has 9 rings (SSSR count). The summed E-state index contributed by atoms with van der Waals surface area (Å²) >= 11 is 0. The van der Waals surface area contributed by atoms with E-state index in [1.54, 1.807) is 11.0 Å². The van der Waals surface area contributed by atoms with Gasteiger partial charge in [0, 0.05) is 47.3 Å². The first-order valence-electron chi connectivity index (χ1n) is 16.9. The van der Waals surface area contributed by atoms with Crippen LogP contribution in [0.2, 0.25) is 0 Å². The number of nitrogen functional groups attached to an aromatic ring is 1. The predicted molar refractivity (Wildman–Crippen MR) is 168 cm³/mol. The Kier molecular flexibility index (Phi) is 5.79. The molecule has 47 heavy (non-hydrogen) atoms. The first-order valence-corrected chi connectivity index (χ1v) is 15.9. The summed E-state index contributed by atoms with van der Waals surface area (Å²) < 4.78 is 91.6. The molecule has 2 aromatic carbocycles. The molecule has 0 radical (unpaired) electrons. The molecule has 2 aromatic heterocycles. The molecule has 0 unspecified atom stereocenters. The fraction of sp³-hybridized carbons (Fsp3) is 0.457. The molecule has 5 heterocycles. The van der Waals surface area contributed by atoms with Crippen LogP contribution in [0.25, 0.3) is 32.9 Å². The van der Waals surface area contributed by atoms with Gasteiger partial charge in [-0.25, -0.2) is 17.6 Å². The molecule has 4 aromatic rings. The molecule has 2 saturated carbocycles. The lowest BCUT2D eigenvalue weighted by molar-refractivity contribution is 0.107. The van der Waals surface area contributed by atoms with Crippen molar-refractivity contribution < 1.29 is 29.8 Å². The van der Waals surface area contributed by atoms with Gasteiger partial charge in [-0.1, -0.05) is 12.0 Å². The number of ether oxygens (including phenoxy) is 2. The number of anilines is 2. The Morgan fingerprint density at radius 2 is 2.06 bits per heavy atom. The highest BCUT2D eigenvalue weighted by atomic mass is 19.1. The number of aromatic nitrogens is 3. The molecule has 6 atom stereocenters. The molecule has 2 N–H and O–H groups in total. The van der Waals surface area contributed by atoms with E-state index in [1.165, 1.54) is 24.4 Å². The SMILES string of the molecule is [2H]C([2H])(Oc1nc(N2CCOC[C@H]3[C@H](F)[C@H]32)c2cnc(-c3cc(N)cc4ccc(F)c(C#C)c34)c(F)c2n1)[C@@]12CCCN1C[C@]1(C[C@@H]1F)C2. The van der Waals surface area contributed by atoms with E-state index in [1.807, 2.05) is 4.90 Å². The maximum atomic E-state index is 17.0. The highest BCUT2D eigenvalue weighted by Crippen LogP contribution is 2.62. The third-order valence-electron chi connectivity index (χ3n) is 10.8. The van der Waals surface area contributed by atoms with Crippen molar-refractivity contribution in [2.75, 3.05) is 50.0 Å². The van der Waals surface area contributed by atoms with Crippen LogP contribution < -0.4 is 15.4 Å². The smallest absolute Gasteiger partial charge is 0.319 e. The summed E-state index contributed by atoms with van der Waals surface area (Å²) in [6.45, 7) is -0.632. The van der Waals surface area contributed by atoms with Crippen molar-refractivity contribution in [3.8, 4) is 29.6 Å². The van der Waals surface area contributed by atoms with E-state index in [0.29, 0.717) is 37.7 Å². The molecule has 8 nitrogen and oxygen atoms in total. The first kappa shape index (κ1) is 26.8. The number of hydrogen-bond donors (Lipinski definition) is 1. The molecule has 2 aliphatic carbocycles. The second kappa shape index (κ2) is 10.1. The summed E-state index contributed by atoms with van der Waals surface area (Å²) in [6.07, 6.45) is 6.67. The molecule has 12 heteroatoms. The van der Waals surface area contributed by atoms with Gasteiger partial charge in [-0.05, 0) is 55.8 Å². The van der Waals surface area contributed by atoms with Crippen LogP contribution in [0.5, 0.6) is 6.01 Å². The highest BCUT2D eigenvalue weighted by Gasteiger charge is 2.67. The maximum Gasteiger partial charge on any atom is 0.319 e. The number of terminal acetylenes is 1. The van der Waals surface area contributed by atoms with Gasteiger partial charge in [-0.15, -0.1) is 6.42 Å². The summed E-state index contributed by atoms with van der Waals surface area (Å²) in [7, 11) is 0. The molecule has 5 fully saturated rings. The monoisotopic (exact) mass is 646 g/mol. The standard InChI is InChI=1S/C35H32F4N6O2/c1-2-20-24(36)5-4-18-10-19(40)11-21(26(18)20)29-28(39)30-22(13-41-29)32(45-8-9-46-14-23-27(38)31(23)45)43-33(42-30)47-17-35-6-3-7-44(35)16-34(15-35)12-25(34)37/h1,4-5,10-11,13,23,25,27,31H,3,6-9,12,14-17,40H2/t23-,25-,27-,31-,34-,35-/m0/s1/i17D2. The summed E-state index contributed by atoms with van der Waals surface area (Å²) in [5.74, 6) is 0.458. The minimum absolute atomic E-state index is 0.0892. The van der Waals surface area contributed by atoms with Crippen LogP contribution in [0.15, 0.2) is 30.5 Å². The van der Waals surface area contributed by atoms with Gasteiger partial charge >= 0.3 is 6.01 Å². The number of nitrogens with zero attached hydrogens (tertiary/aromatic N) is 5. The van der Waals surface area contributed by atoms with Gasteiger partial charge in [0.05, 0.1) is 38.5 Å². The fourth-order valence-electron chi connectivity index (χ4n) is 8.27. The number of halogens is 4. The van der Waals surface area contributed by atoms with Crippen LogP contribution in [-0.2, 0) is 4.74 Å². The summed E-state index contributed by atoms with van der Waals surface area (Å²) in [5, 5.41) is 0.854. The van der Waals surface area contributed by atoms with Crippen molar-refractivity contribution in [2.45, 2.75) is 49.6 Å². The van der Waals surface area contributed by atoms with Gasteiger partial charge < -0.3 is 20.1 Å². The van der Waals surface area contributed by atoms with Crippen LogP contribution in [0, 0.1) is 35.3 Å². The van der Waals surface area contributed by atoms with Crippen molar-refractivity contribution in [2.24, 2.45) is 11.3 Å². The van der Waals surface area contributed by atoms with Crippen molar-refractivity contribution in [1.82, 2.24) is 19.9 Å². The zero-order valence-electron chi connectivity index (χ0n) is 27.3. The minimum Gasteiger partial charge on any atom is -0.461 e. The number of hydrogen-bond acceptors (Lipinski definition) is 8. The third-order valence-corrected chi connectivity index (χ3v) is 10.8. The fourth-order valence-corrected chi connectivity index (χ4v) is 8.27. The Morgan fingerprint density at radius 3 is 2.87 bits per heavy atom. The highest BCUT2D eigenvalue weighted by molar-refractivity contribution is 6.03. The molecule has 0 amide bonds. The average molecular weight is 647 g/mol. The Balaban J connectivity index is 1.22. The number of alkyl halides is 2. The zero-order valence-corrected chi connectivity index (χ0v) is 25.3. The lowest BCUT2D eigenvalue weighted by atomic mass is 9.89. The number of fused-ring (bicyclic) bond motifs is 4. The molecule has 3 saturated heterocycles. The minimum atomic E-state index is -2.39. The molecule has 0 bridgehead atoms. The first-order chi connectivity index (χ1) is 23.5. The average Bonchev–Trinajstić information content (AvgIpc) is 3.79. The molecular formula is C35H32F4N6O2. The summed E-state index contributed by atoms with van der Waals surface area (Å²) in [4.78, 5) is 17.1. The summed E-state index contributed by atoms with van der Waals surface area (Å²) in [5.41, 5.74) is 4.29. The maximum absolute atomic E-state index is 17.0. The van der Waals surface area contributed by atoms with Crippen LogP contribution in [-0.4, -0.2) is 83.2 Å². The van der Waals surface area contributed by atoms with E-state index < -0.39 is 59.5 Å². The predicted octanol–water partition coefficient (Wildman–Crippen LogP) is 5.21. The van der Waals surface area contributed by atoms with Crippen LogP contribution in [0.3, 0.4) is 0 Å². The lowest BCUT2D eigenvalue weighted by Crippen LogP contribution is -2.43. The Bertz CT molecular complexity index is 2120. The molecule has 242 valence electrons. The van der Waals surface area contributed by atoms with E-state index >= 15 is 8.78 Å². The van der Waals surface area contributed by atoms with E-state index in [2.05, 4.69) is 20.9 Å². The number of benzene rings is 2. The van der Waals surface area contributed by atoms with Gasteiger partial charge in [0.2, 0.25) is 0 Å². The van der Waals surface area contributed by atoms with Crippen molar-refractivity contribution in [1.29, 1.82) is 0 Å². The largest absolute Gasteiger partial charge is 0.461 e. The van der Waals surface area contributed by atoms with Gasteiger partial charge in [0.25, 0.3) is 0 Å². The van der Waals surface area contributed by atoms with Crippen LogP contribution >= 0.6 is 0 Å². The van der Waals surface area contributed by atoms with Gasteiger partial charge in [-0.2, -0.15) is 9.97 Å². The van der Waals surface area contributed by atoms with E-state index in [0.717, 1.165) is 0 Å². The van der Waals surface area contributed by atoms with Gasteiger partial charge in [0.1, 0.15) is 41.7 Å².